The Morgan fingerprint density at radius 1 is 1.27 bits per heavy atom. The number of amides is 1. The maximum Gasteiger partial charge on any atom is 0.223 e. The fourth-order valence-electron chi connectivity index (χ4n) is 1.75. The number of nitrogens with one attached hydrogen (secondary N) is 1. The van der Waals surface area contributed by atoms with Gasteiger partial charge >= 0.3 is 0 Å². The van der Waals surface area contributed by atoms with Gasteiger partial charge in [-0.05, 0) is 25.7 Å². The number of rotatable bonds is 5. The van der Waals surface area contributed by atoms with E-state index < -0.39 is 0 Å². The van der Waals surface area contributed by atoms with Gasteiger partial charge in [0.1, 0.15) is 0 Å². The third kappa shape index (κ3) is 5.81. The first-order chi connectivity index (χ1) is 6.79. The first-order valence-electron chi connectivity index (χ1n) is 6.09. The van der Waals surface area contributed by atoms with E-state index in [4.69, 9.17) is 0 Å². The summed E-state index contributed by atoms with van der Waals surface area (Å²) in [7, 11) is 0. The van der Waals surface area contributed by atoms with E-state index >= 15 is 0 Å². The molecule has 0 aromatic heterocycles. The Balaban J connectivity index is 4.42. The van der Waals surface area contributed by atoms with E-state index in [1.54, 1.807) is 0 Å². The molecule has 0 radical (unpaired) electrons. The number of hydrogen-bond acceptors (Lipinski definition) is 1. The second kappa shape index (κ2) is 6.14. The molecule has 1 atom stereocenters. The second-order valence-electron chi connectivity index (χ2n) is 5.72. The highest BCUT2D eigenvalue weighted by Crippen LogP contribution is 2.30. The molecule has 2 nitrogen and oxygen atoms in total. The Bertz CT molecular complexity index is 191. The van der Waals surface area contributed by atoms with E-state index in [2.05, 4.69) is 33.0 Å². The first kappa shape index (κ1) is 14.5. The molecule has 1 amide bonds. The second-order valence-corrected chi connectivity index (χ2v) is 5.72. The molecule has 0 aliphatic heterocycles. The SMILES string of the molecule is CCCCC(C(=O)NC(C)C)C(C)(C)C. The molecule has 0 fully saturated rings. The van der Waals surface area contributed by atoms with Crippen LogP contribution >= 0.6 is 0 Å². The summed E-state index contributed by atoms with van der Waals surface area (Å²) in [4.78, 5) is 12.0. The third-order valence-electron chi connectivity index (χ3n) is 2.64. The van der Waals surface area contributed by atoms with Crippen LogP contribution in [-0.4, -0.2) is 11.9 Å². The molecule has 0 rings (SSSR count). The summed E-state index contributed by atoms with van der Waals surface area (Å²) in [5, 5.41) is 3.02. The average molecular weight is 213 g/mol. The van der Waals surface area contributed by atoms with E-state index in [9.17, 15) is 4.79 Å². The molecule has 0 aromatic rings. The minimum Gasteiger partial charge on any atom is -0.354 e. The van der Waals surface area contributed by atoms with Gasteiger partial charge < -0.3 is 5.32 Å². The highest BCUT2D eigenvalue weighted by molar-refractivity contribution is 5.79. The Hall–Kier alpha value is -0.530. The average Bonchev–Trinajstić information content (AvgIpc) is 2.00. The lowest BCUT2D eigenvalue weighted by atomic mass is 9.77. The van der Waals surface area contributed by atoms with E-state index in [0.29, 0.717) is 0 Å². The molecule has 0 aliphatic rings. The minimum atomic E-state index is 0.0636. The number of unbranched alkanes of at least 4 members (excludes halogenated alkanes) is 1. The van der Waals surface area contributed by atoms with Crippen molar-refractivity contribution >= 4 is 5.91 Å². The predicted octanol–water partition coefficient (Wildman–Crippen LogP) is 3.36. The Morgan fingerprint density at radius 3 is 2.13 bits per heavy atom. The lowest BCUT2D eigenvalue weighted by molar-refractivity contribution is -0.129. The van der Waals surface area contributed by atoms with Crippen molar-refractivity contribution in [3.05, 3.63) is 0 Å². The number of hydrogen-bond donors (Lipinski definition) is 1. The number of carbonyl (C=O) groups excluding carboxylic acids is 1. The molecule has 15 heavy (non-hydrogen) atoms. The normalized spacial score (nSPS) is 14.1. The fraction of sp³-hybridized carbons (Fsp3) is 0.923. The van der Waals surface area contributed by atoms with Crippen molar-refractivity contribution < 1.29 is 4.79 Å². The van der Waals surface area contributed by atoms with Gasteiger partial charge in [0, 0.05) is 12.0 Å². The van der Waals surface area contributed by atoms with E-state index in [1.807, 2.05) is 13.8 Å². The summed E-state index contributed by atoms with van der Waals surface area (Å²) in [6, 6.07) is 0.240. The molecule has 0 saturated heterocycles. The molecule has 0 aliphatic carbocycles. The molecule has 2 heteroatoms. The summed E-state index contributed by atoms with van der Waals surface area (Å²) in [5.74, 6) is 0.353. The summed E-state index contributed by atoms with van der Waals surface area (Å²) in [6.07, 6.45) is 3.29. The van der Waals surface area contributed by atoms with Crippen molar-refractivity contribution in [1.82, 2.24) is 5.32 Å². The lowest BCUT2D eigenvalue weighted by Crippen LogP contribution is -2.41. The molecule has 0 aromatic carbocycles. The molecule has 0 saturated carbocycles. The fourth-order valence-corrected chi connectivity index (χ4v) is 1.75. The monoisotopic (exact) mass is 213 g/mol. The van der Waals surface area contributed by atoms with Gasteiger partial charge in [0.15, 0.2) is 0 Å². The Morgan fingerprint density at radius 2 is 1.80 bits per heavy atom. The standard InChI is InChI=1S/C13H27NO/c1-7-8-9-11(13(4,5)6)12(15)14-10(2)3/h10-11H,7-9H2,1-6H3,(H,14,15). The van der Waals surface area contributed by atoms with Crippen LogP contribution in [0.1, 0.15) is 60.8 Å². The Kier molecular flexibility index (Phi) is 5.92. The smallest absolute Gasteiger partial charge is 0.223 e. The number of carbonyl (C=O) groups is 1. The maximum atomic E-state index is 12.0. The molecule has 0 spiro atoms. The highest BCUT2D eigenvalue weighted by atomic mass is 16.1. The van der Waals surface area contributed by atoms with Gasteiger partial charge in [-0.15, -0.1) is 0 Å². The van der Waals surface area contributed by atoms with Crippen LogP contribution in [0.4, 0.5) is 0 Å². The van der Waals surface area contributed by atoms with Gasteiger partial charge in [0.05, 0.1) is 0 Å². The van der Waals surface area contributed by atoms with E-state index in [-0.39, 0.29) is 23.3 Å². The first-order valence-corrected chi connectivity index (χ1v) is 6.09. The van der Waals surface area contributed by atoms with Gasteiger partial charge in [0.25, 0.3) is 0 Å². The van der Waals surface area contributed by atoms with Crippen molar-refractivity contribution in [3.8, 4) is 0 Å². The van der Waals surface area contributed by atoms with Gasteiger partial charge in [0.2, 0.25) is 5.91 Å². The zero-order valence-corrected chi connectivity index (χ0v) is 11.2. The van der Waals surface area contributed by atoms with Crippen LogP contribution < -0.4 is 5.32 Å². The predicted molar refractivity (Wildman–Crippen MR) is 65.7 cm³/mol. The zero-order valence-electron chi connectivity index (χ0n) is 11.2. The van der Waals surface area contributed by atoms with E-state index in [0.717, 1.165) is 19.3 Å². The van der Waals surface area contributed by atoms with Crippen LogP contribution in [0.5, 0.6) is 0 Å². The van der Waals surface area contributed by atoms with Crippen molar-refractivity contribution in [2.75, 3.05) is 0 Å². The highest BCUT2D eigenvalue weighted by Gasteiger charge is 2.30. The summed E-state index contributed by atoms with van der Waals surface area (Å²) in [5.41, 5.74) is 0.0636. The van der Waals surface area contributed by atoms with Crippen molar-refractivity contribution in [1.29, 1.82) is 0 Å². The summed E-state index contributed by atoms with van der Waals surface area (Å²) < 4.78 is 0. The molecule has 1 unspecified atom stereocenters. The van der Waals surface area contributed by atoms with Crippen LogP contribution in [-0.2, 0) is 4.79 Å². The van der Waals surface area contributed by atoms with Gasteiger partial charge in [-0.1, -0.05) is 40.5 Å². The quantitative estimate of drug-likeness (QED) is 0.745. The van der Waals surface area contributed by atoms with Crippen LogP contribution in [0.2, 0.25) is 0 Å². The van der Waals surface area contributed by atoms with Gasteiger partial charge in [-0.3, -0.25) is 4.79 Å². The lowest BCUT2D eigenvalue weighted by Gasteiger charge is -2.30. The van der Waals surface area contributed by atoms with Crippen molar-refractivity contribution in [2.24, 2.45) is 11.3 Å². The maximum absolute atomic E-state index is 12.0. The van der Waals surface area contributed by atoms with Crippen molar-refractivity contribution in [3.63, 3.8) is 0 Å². The minimum absolute atomic E-state index is 0.0636. The van der Waals surface area contributed by atoms with Crippen LogP contribution in [0, 0.1) is 11.3 Å². The summed E-state index contributed by atoms with van der Waals surface area (Å²) in [6.45, 7) is 12.6. The topological polar surface area (TPSA) is 29.1 Å². The Labute approximate surface area is 94.8 Å². The molecule has 0 bridgehead atoms. The third-order valence-corrected chi connectivity index (χ3v) is 2.64. The van der Waals surface area contributed by atoms with Crippen LogP contribution in [0.15, 0.2) is 0 Å². The van der Waals surface area contributed by atoms with Crippen LogP contribution in [0.25, 0.3) is 0 Å². The molecule has 90 valence electrons. The van der Waals surface area contributed by atoms with Crippen LogP contribution in [0.3, 0.4) is 0 Å². The van der Waals surface area contributed by atoms with Crippen molar-refractivity contribution in [2.45, 2.75) is 66.8 Å². The zero-order chi connectivity index (χ0) is 12.1. The molecule has 1 N–H and O–H groups in total. The summed E-state index contributed by atoms with van der Waals surface area (Å²) >= 11 is 0. The van der Waals surface area contributed by atoms with E-state index in [1.165, 1.54) is 0 Å². The molecule has 0 heterocycles. The molecular formula is C13H27NO. The van der Waals surface area contributed by atoms with Gasteiger partial charge in [-0.2, -0.15) is 0 Å². The molecular weight excluding hydrogens is 186 g/mol. The largest absolute Gasteiger partial charge is 0.354 e. The van der Waals surface area contributed by atoms with Gasteiger partial charge in [-0.25, -0.2) is 0 Å².